The van der Waals surface area contributed by atoms with E-state index in [9.17, 15) is 4.79 Å². The maximum absolute atomic E-state index is 11.7. The van der Waals surface area contributed by atoms with Gasteiger partial charge in [0, 0.05) is 32.3 Å². The molecule has 8 nitrogen and oxygen atoms in total. The second kappa shape index (κ2) is 9.68. The highest BCUT2D eigenvalue weighted by Gasteiger charge is 2.16. The van der Waals surface area contributed by atoms with Gasteiger partial charge in [0.05, 0.1) is 27.9 Å². The van der Waals surface area contributed by atoms with Gasteiger partial charge in [0.1, 0.15) is 28.6 Å². The van der Waals surface area contributed by atoms with E-state index >= 15 is 0 Å². The summed E-state index contributed by atoms with van der Waals surface area (Å²) in [6.07, 6.45) is 0. The van der Waals surface area contributed by atoms with Gasteiger partial charge in [-0.25, -0.2) is 4.79 Å². The predicted molar refractivity (Wildman–Crippen MR) is 106 cm³/mol. The Balaban J connectivity index is 2.05. The summed E-state index contributed by atoms with van der Waals surface area (Å²) in [6, 6.07) is 7.37. The van der Waals surface area contributed by atoms with Gasteiger partial charge in [-0.3, -0.25) is 4.99 Å². The maximum Gasteiger partial charge on any atom is 0.341 e. The van der Waals surface area contributed by atoms with Crippen molar-refractivity contribution in [3.63, 3.8) is 0 Å². The number of carbonyl (C=O) groups is 1. The molecule has 152 valence electrons. The third-order valence-corrected chi connectivity index (χ3v) is 4.27. The number of rotatable bonds is 7. The minimum atomic E-state index is -0.416. The van der Waals surface area contributed by atoms with Crippen molar-refractivity contribution >= 4 is 11.9 Å². The van der Waals surface area contributed by atoms with Crippen LogP contribution in [0.15, 0.2) is 33.7 Å². The average molecular weight is 389 g/mol. The van der Waals surface area contributed by atoms with E-state index in [1.807, 2.05) is 30.1 Å². The fourth-order valence-electron chi connectivity index (χ4n) is 2.81. The molecule has 28 heavy (non-hydrogen) atoms. The van der Waals surface area contributed by atoms with Crippen LogP contribution in [-0.2, 0) is 17.8 Å². The number of nitrogens with zero attached hydrogens (tertiary/aromatic N) is 2. The van der Waals surface area contributed by atoms with E-state index in [0.717, 1.165) is 17.1 Å². The molecule has 0 unspecified atom stereocenters. The SMILES string of the molecule is CN=C(NCc1cc(C(=O)OC)c(C)o1)N(C)Cc1ccc(OC)cc1OC. The maximum atomic E-state index is 11.7. The Kier molecular flexibility index (Phi) is 7.31. The van der Waals surface area contributed by atoms with E-state index in [-0.39, 0.29) is 0 Å². The summed E-state index contributed by atoms with van der Waals surface area (Å²) < 4.78 is 21.1. The number of hydrogen-bond acceptors (Lipinski definition) is 6. The number of guanidine groups is 1. The van der Waals surface area contributed by atoms with Crippen molar-refractivity contribution in [2.45, 2.75) is 20.0 Å². The molecule has 2 aromatic rings. The predicted octanol–water partition coefficient (Wildman–Crippen LogP) is 2.60. The Labute approximate surface area is 165 Å². The minimum absolute atomic E-state index is 0.384. The Bertz CT molecular complexity index is 844. The molecule has 0 aliphatic rings. The molecule has 0 bridgehead atoms. The molecule has 1 aromatic carbocycles. The van der Waals surface area contributed by atoms with Crippen LogP contribution >= 0.6 is 0 Å². The summed E-state index contributed by atoms with van der Waals surface area (Å²) in [6.45, 7) is 2.69. The number of ether oxygens (including phenoxy) is 3. The monoisotopic (exact) mass is 389 g/mol. The number of hydrogen-bond donors (Lipinski definition) is 1. The van der Waals surface area contributed by atoms with Crippen molar-refractivity contribution in [2.75, 3.05) is 35.4 Å². The zero-order chi connectivity index (χ0) is 20.7. The Morgan fingerprint density at radius 1 is 1.21 bits per heavy atom. The van der Waals surface area contributed by atoms with Crippen LogP contribution in [0.25, 0.3) is 0 Å². The van der Waals surface area contributed by atoms with Gasteiger partial charge in [-0.15, -0.1) is 0 Å². The van der Waals surface area contributed by atoms with E-state index in [0.29, 0.717) is 36.1 Å². The van der Waals surface area contributed by atoms with Gasteiger partial charge in [0.25, 0.3) is 0 Å². The van der Waals surface area contributed by atoms with Gasteiger partial charge >= 0.3 is 5.97 Å². The van der Waals surface area contributed by atoms with E-state index in [1.165, 1.54) is 7.11 Å². The molecule has 0 saturated heterocycles. The smallest absolute Gasteiger partial charge is 0.341 e. The number of aryl methyl sites for hydroxylation is 1. The topological polar surface area (TPSA) is 85.5 Å². The van der Waals surface area contributed by atoms with Gasteiger partial charge in [-0.1, -0.05) is 0 Å². The van der Waals surface area contributed by atoms with Gasteiger partial charge in [0.2, 0.25) is 0 Å². The lowest BCUT2D eigenvalue weighted by Crippen LogP contribution is -2.38. The van der Waals surface area contributed by atoms with Crippen molar-refractivity contribution < 1.29 is 23.4 Å². The normalized spacial score (nSPS) is 11.1. The lowest BCUT2D eigenvalue weighted by atomic mass is 10.2. The second-order valence-corrected chi connectivity index (χ2v) is 6.11. The van der Waals surface area contributed by atoms with Crippen LogP contribution in [-0.4, -0.2) is 52.3 Å². The van der Waals surface area contributed by atoms with Crippen molar-refractivity contribution in [1.82, 2.24) is 10.2 Å². The van der Waals surface area contributed by atoms with Gasteiger partial charge in [-0.2, -0.15) is 0 Å². The molecule has 0 atom stereocenters. The van der Waals surface area contributed by atoms with Crippen LogP contribution in [0.4, 0.5) is 0 Å². The molecule has 1 N–H and O–H groups in total. The molecule has 1 heterocycles. The zero-order valence-electron chi connectivity index (χ0n) is 17.2. The first-order valence-electron chi connectivity index (χ1n) is 8.73. The van der Waals surface area contributed by atoms with Gasteiger partial charge in [-0.05, 0) is 25.1 Å². The van der Waals surface area contributed by atoms with E-state index in [4.69, 9.17) is 18.6 Å². The molecule has 0 aliphatic carbocycles. The largest absolute Gasteiger partial charge is 0.497 e. The summed E-state index contributed by atoms with van der Waals surface area (Å²) in [5.41, 5.74) is 1.42. The summed E-state index contributed by atoms with van der Waals surface area (Å²) in [5.74, 6) is 2.88. The van der Waals surface area contributed by atoms with Crippen molar-refractivity contribution in [1.29, 1.82) is 0 Å². The molecule has 0 radical (unpaired) electrons. The first-order valence-corrected chi connectivity index (χ1v) is 8.73. The van der Waals surface area contributed by atoms with Crippen LogP contribution in [0.3, 0.4) is 0 Å². The summed E-state index contributed by atoms with van der Waals surface area (Å²) in [5, 5.41) is 3.23. The first-order chi connectivity index (χ1) is 13.4. The van der Waals surface area contributed by atoms with Crippen molar-refractivity contribution in [3.05, 3.63) is 46.9 Å². The van der Waals surface area contributed by atoms with Crippen molar-refractivity contribution in [3.8, 4) is 11.5 Å². The molecule has 1 aromatic heterocycles. The minimum Gasteiger partial charge on any atom is -0.497 e. The first kappa shape index (κ1) is 21.1. The number of benzene rings is 1. The van der Waals surface area contributed by atoms with Crippen LogP contribution in [0.5, 0.6) is 11.5 Å². The average Bonchev–Trinajstić information content (AvgIpc) is 3.08. The Morgan fingerprint density at radius 2 is 1.96 bits per heavy atom. The summed E-state index contributed by atoms with van der Waals surface area (Å²) in [7, 11) is 8.22. The van der Waals surface area contributed by atoms with E-state index in [1.54, 1.807) is 34.3 Å². The molecule has 0 aliphatic heterocycles. The van der Waals surface area contributed by atoms with Crippen LogP contribution in [0.2, 0.25) is 0 Å². The Hall–Kier alpha value is -3.16. The number of aliphatic imine (C=N–C) groups is 1. The third-order valence-electron chi connectivity index (χ3n) is 4.27. The third kappa shape index (κ3) is 4.97. The van der Waals surface area contributed by atoms with E-state index < -0.39 is 5.97 Å². The molecule has 0 amide bonds. The number of methoxy groups -OCH3 is 3. The fraction of sp³-hybridized carbons (Fsp3) is 0.400. The number of nitrogens with one attached hydrogen (secondary N) is 1. The highest BCUT2D eigenvalue weighted by Crippen LogP contribution is 2.25. The van der Waals surface area contributed by atoms with Crippen molar-refractivity contribution in [2.24, 2.45) is 4.99 Å². The fourth-order valence-corrected chi connectivity index (χ4v) is 2.81. The lowest BCUT2D eigenvalue weighted by Gasteiger charge is -2.23. The highest BCUT2D eigenvalue weighted by molar-refractivity contribution is 5.90. The number of esters is 1. The molecule has 0 fully saturated rings. The number of carbonyl (C=O) groups excluding carboxylic acids is 1. The Morgan fingerprint density at radius 3 is 2.57 bits per heavy atom. The molecular weight excluding hydrogens is 362 g/mol. The van der Waals surface area contributed by atoms with Crippen LogP contribution in [0.1, 0.15) is 27.4 Å². The second-order valence-electron chi connectivity index (χ2n) is 6.11. The van der Waals surface area contributed by atoms with Gasteiger partial charge in [0.15, 0.2) is 5.96 Å². The lowest BCUT2D eigenvalue weighted by molar-refractivity contribution is 0.0599. The summed E-state index contributed by atoms with van der Waals surface area (Å²) >= 11 is 0. The molecular formula is C20H27N3O5. The molecule has 2 rings (SSSR count). The standard InChI is InChI=1S/C20H27N3O5/c1-13-17(19(24)27-6)9-16(28-13)11-22-20(21-2)23(3)12-14-7-8-15(25-4)10-18(14)26-5/h7-10H,11-12H2,1-6H3,(H,21,22). The summed E-state index contributed by atoms with van der Waals surface area (Å²) in [4.78, 5) is 18.0. The highest BCUT2D eigenvalue weighted by atomic mass is 16.5. The molecule has 0 saturated carbocycles. The molecule has 8 heteroatoms. The molecule has 0 spiro atoms. The van der Waals surface area contributed by atoms with E-state index in [2.05, 4.69) is 10.3 Å². The number of furan rings is 1. The van der Waals surface area contributed by atoms with Crippen LogP contribution < -0.4 is 14.8 Å². The quantitative estimate of drug-likeness (QED) is 0.442. The zero-order valence-corrected chi connectivity index (χ0v) is 17.2. The van der Waals surface area contributed by atoms with Crippen LogP contribution in [0, 0.1) is 6.92 Å². The van der Waals surface area contributed by atoms with Gasteiger partial charge < -0.3 is 28.8 Å².